The molecular weight excluding hydrogens is 685 g/mol. The van der Waals surface area contributed by atoms with E-state index < -0.39 is 81.9 Å². The molecule has 2 saturated heterocycles. The third-order valence-electron chi connectivity index (χ3n) is 7.01. The summed E-state index contributed by atoms with van der Waals surface area (Å²) in [6.07, 6.45) is -8.30. The van der Waals surface area contributed by atoms with Crippen molar-refractivity contribution in [1.82, 2.24) is 39.0 Å². The van der Waals surface area contributed by atoms with Crippen molar-refractivity contribution in [2.75, 3.05) is 24.7 Å². The normalized spacial score (nSPS) is 30.3. The Balaban J connectivity index is 1.22. The molecule has 0 saturated carbocycles. The number of aliphatic hydroxyl groups excluding tert-OH is 2. The van der Waals surface area contributed by atoms with E-state index in [2.05, 4.69) is 42.2 Å². The number of fused-ring (bicyclic) bond motifs is 2. The highest BCUT2D eigenvalue weighted by molar-refractivity contribution is 8.39. The van der Waals surface area contributed by atoms with Gasteiger partial charge in [-0.3, -0.25) is 23.4 Å². The van der Waals surface area contributed by atoms with E-state index in [1.165, 1.54) is 15.5 Å². The molecule has 2 aliphatic rings. The highest BCUT2D eigenvalue weighted by atomic mass is 32.7. The van der Waals surface area contributed by atoms with Crippen LogP contribution in [0, 0.1) is 0 Å². The van der Waals surface area contributed by atoms with Crippen molar-refractivity contribution in [2.45, 2.75) is 49.1 Å². The number of imidazole rings is 2. The number of anilines is 2. The van der Waals surface area contributed by atoms with E-state index >= 15 is 4.39 Å². The van der Waals surface area contributed by atoms with Gasteiger partial charge in [0.05, 0.1) is 25.9 Å². The number of nitrogen functional groups attached to an aromatic ring is 2. The molecule has 25 heteroatoms. The molecule has 242 valence electrons. The van der Waals surface area contributed by atoms with Crippen LogP contribution < -0.4 is 17.0 Å². The first-order chi connectivity index (χ1) is 21.4. The van der Waals surface area contributed by atoms with Gasteiger partial charge in [0.15, 0.2) is 47.4 Å². The lowest BCUT2D eigenvalue weighted by atomic mass is 10.1. The van der Waals surface area contributed by atoms with E-state index in [4.69, 9.17) is 46.3 Å². The SMILES string of the molecule is Nc1nc2c(ncn2[C@@H]2O[C@H](CO)C(O)C2OP(O)(=S)OC[C@H]2O[C@@H](n3cnc4c(N)ncnc43)C(F)C2O[P+](=O)S)c(=O)[nH]1. The number of nitrogens with two attached hydrogens (primary N) is 2. The Kier molecular flexibility index (Phi) is 8.89. The van der Waals surface area contributed by atoms with Crippen molar-refractivity contribution in [2.24, 2.45) is 0 Å². The summed E-state index contributed by atoms with van der Waals surface area (Å²) in [5.41, 5.74) is 11.0. The number of hydrogen-bond acceptors (Lipinski definition) is 17. The monoisotopic (exact) mass is 709 g/mol. The summed E-state index contributed by atoms with van der Waals surface area (Å²) in [5, 5.41) is 20.6. The summed E-state index contributed by atoms with van der Waals surface area (Å²) in [7, 11) is -2.62. The average Bonchev–Trinajstić information content (AvgIpc) is 3.73. The lowest BCUT2D eigenvalue weighted by Gasteiger charge is -2.27. The minimum atomic E-state index is -4.33. The minimum absolute atomic E-state index is 0.0472. The maximum Gasteiger partial charge on any atom is 0.582 e. The molecule has 6 unspecified atom stereocenters. The number of nitrogens with one attached hydrogen (secondary N) is 1. The van der Waals surface area contributed by atoms with Gasteiger partial charge in [-0.15, -0.1) is 4.52 Å². The van der Waals surface area contributed by atoms with E-state index in [0.29, 0.717) is 0 Å². The van der Waals surface area contributed by atoms with Crippen LogP contribution in [0.2, 0.25) is 0 Å². The number of ether oxygens (including phenoxy) is 2. The average molecular weight is 710 g/mol. The topological polar surface area (TPSA) is 283 Å². The molecule has 0 radical (unpaired) electrons. The number of H-pyrrole nitrogens is 1. The summed E-state index contributed by atoms with van der Waals surface area (Å²) >= 11 is 8.89. The van der Waals surface area contributed by atoms with Crippen molar-refractivity contribution in [3.63, 3.8) is 0 Å². The lowest BCUT2D eigenvalue weighted by Crippen LogP contribution is -2.35. The van der Waals surface area contributed by atoms with Gasteiger partial charge in [-0.2, -0.15) is 4.98 Å². The molecule has 0 bridgehead atoms. The minimum Gasteiger partial charge on any atom is -0.394 e. The van der Waals surface area contributed by atoms with E-state index in [-0.39, 0.29) is 34.1 Å². The van der Waals surface area contributed by atoms with Gasteiger partial charge >= 0.3 is 13.9 Å². The molecule has 4 aromatic heterocycles. The second-order valence-corrected chi connectivity index (χ2v) is 14.2. The van der Waals surface area contributed by atoms with Gasteiger partial charge in [-0.05, 0) is 16.4 Å². The van der Waals surface area contributed by atoms with Crippen LogP contribution in [0.4, 0.5) is 16.2 Å². The van der Waals surface area contributed by atoms with Crippen LogP contribution in [0.15, 0.2) is 23.8 Å². The quantitative estimate of drug-likeness (QED) is 0.0784. The largest absolute Gasteiger partial charge is 0.582 e. The molecule has 8 N–H and O–H groups in total. The predicted molar refractivity (Wildman–Crippen MR) is 157 cm³/mol. The molecular formula is C20H24FN10O10P2S2+. The highest BCUT2D eigenvalue weighted by Gasteiger charge is 2.53. The van der Waals surface area contributed by atoms with Crippen LogP contribution in [-0.4, -0.2) is 104 Å². The van der Waals surface area contributed by atoms with Crippen molar-refractivity contribution < 1.29 is 47.1 Å². The number of aromatic amines is 1. The van der Waals surface area contributed by atoms with Crippen molar-refractivity contribution in [3.8, 4) is 0 Å². The third-order valence-corrected chi connectivity index (χ3v) is 9.28. The standard InChI is InChI=1S/C20H23FN10O10P2S2/c21-8-12(40-42(35)44)7(39-18(8)30-4-26-9-14(22)24-3-25-15(9)30)2-37-43(36,45)41-13-11(33)6(1-32)38-19(13)31-5-27-10-16(31)28-20(23)29-17(10)34/h3-8,11-13,18-19,32-33H,1-2H2,(H6-,22,23,24,25,28,29,34,35,36,44,45)/p+1/t6-,7-,8?,11?,12?,13?,18-,19-,43?/m1/s1. The van der Waals surface area contributed by atoms with Crippen LogP contribution in [0.5, 0.6) is 0 Å². The fourth-order valence-electron chi connectivity index (χ4n) is 5.03. The first kappa shape index (κ1) is 32.2. The summed E-state index contributed by atoms with van der Waals surface area (Å²) in [4.78, 5) is 45.6. The molecule has 0 spiro atoms. The van der Waals surface area contributed by atoms with Gasteiger partial charge in [0.2, 0.25) is 5.95 Å². The Morgan fingerprint density at radius 3 is 2.51 bits per heavy atom. The number of hydrogen-bond donors (Lipinski definition) is 7. The van der Waals surface area contributed by atoms with Crippen molar-refractivity contribution in [1.29, 1.82) is 0 Å². The molecule has 6 rings (SSSR count). The molecule has 2 aliphatic heterocycles. The third kappa shape index (κ3) is 6.06. The fraction of sp³-hybridized carbons (Fsp3) is 0.500. The van der Waals surface area contributed by atoms with E-state index in [9.17, 15) is 24.5 Å². The molecule has 0 aliphatic carbocycles. The highest BCUT2D eigenvalue weighted by Crippen LogP contribution is 2.51. The zero-order chi connectivity index (χ0) is 32.2. The number of rotatable bonds is 10. The predicted octanol–water partition coefficient (Wildman–Crippen LogP) is -0.799. The van der Waals surface area contributed by atoms with Crippen molar-refractivity contribution >= 4 is 72.1 Å². The second kappa shape index (κ2) is 12.4. The Hall–Kier alpha value is -2.79. The number of halogens is 1. The molecule has 20 nitrogen and oxygen atoms in total. The number of alkyl halides is 1. The van der Waals surface area contributed by atoms with Gasteiger partial charge in [0, 0.05) is 0 Å². The summed E-state index contributed by atoms with van der Waals surface area (Å²) in [6, 6.07) is 0. The Morgan fingerprint density at radius 2 is 1.80 bits per heavy atom. The molecule has 6 heterocycles. The second-order valence-electron chi connectivity index (χ2n) is 9.75. The first-order valence-electron chi connectivity index (χ1n) is 12.8. The zero-order valence-corrected chi connectivity index (χ0v) is 25.9. The van der Waals surface area contributed by atoms with E-state index in [1.54, 1.807) is 0 Å². The molecule has 10 atom stereocenters. The Labute approximate surface area is 261 Å². The number of thiol groups is 1. The van der Waals surface area contributed by atoms with Gasteiger partial charge in [0.25, 0.3) is 5.56 Å². The summed E-state index contributed by atoms with van der Waals surface area (Å²) in [5.74, 6) is -0.189. The van der Waals surface area contributed by atoms with Gasteiger partial charge in [-0.25, -0.2) is 24.3 Å². The molecule has 4 aromatic rings. The van der Waals surface area contributed by atoms with Crippen LogP contribution in [0.3, 0.4) is 0 Å². The number of aromatic nitrogens is 8. The Bertz CT molecular complexity index is 1870. The zero-order valence-electron chi connectivity index (χ0n) is 22.4. The smallest absolute Gasteiger partial charge is 0.394 e. The van der Waals surface area contributed by atoms with E-state index in [1.807, 2.05) is 0 Å². The van der Waals surface area contributed by atoms with Crippen LogP contribution in [0.1, 0.15) is 12.5 Å². The lowest BCUT2D eigenvalue weighted by molar-refractivity contribution is -0.0542. The van der Waals surface area contributed by atoms with Crippen LogP contribution in [-0.2, 0) is 39.4 Å². The molecule has 0 amide bonds. The first-order valence-corrected chi connectivity index (χ1v) is 17.7. The van der Waals surface area contributed by atoms with Crippen LogP contribution in [0.25, 0.3) is 22.3 Å². The van der Waals surface area contributed by atoms with Gasteiger partial charge in [-0.1, -0.05) is 0 Å². The van der Waals surface area contributed by atoms with Gasteiger partial charge < -0.3 is 40.6 Å². The van der Waals surface area contributed by atoms with Crippen molar-refractivity contribution in [3.05, 3.63) is 29.3 Å². The number of aliphatic hydroxyl groups is 2. The van der Waals surface area contributed by atoms with Crippen LogP contribution >= 0.6 is 26.2 Å². The Morgan fingerprint density at radius 1 is 1.11 bits per heavy atom. The molecule has 0 aromatic carbocycles. The maximum atomic E-state index is 15.7. The van der Waals surface area contributed by atoms with E-state index in [0.717, 1.165) is 12.7 Å². The molecule has 45 heavy (non-hydrogen) atoms. The number of nitrogens with zero attached hydrogens (tertiary/aromatic N) is 7. The maximum absolute atomic E-state index is 15.7. The fourth-order valence-corrected chi connectivity index (χ4v) is 7.23. The summed E-state index contributed by atoms with van der Waals surface area (Å²) < 4.78 is 57.8. The molecule has 2 fully saturated rings. The van der Waals surface area contributed by atoms with Gasteiger partial charge in [0.1, 0.15) is 48.5 Å². The summed E-state index contributed by atoms with van der Waals surface area (Å²) in [6.45, 7) is -5.64.